The Morgan fingerprint density at radius 3 is 2.00 bits per heavy atom. The van der Waals surface area contributed by atoms with E-state index in [2.05, 4.69) is 24.5 Å². The highest BCUT2D eigenvalue weighted by molar-refractivity contribution is 6.03. The fraction of sp³-hybridized carbons (Fsp3) is 0.391. The zero-order valence-electron chi connectivity index (χ0n) is 16.7. The summed E-state index contributed by atoms with van der Waals surface area (Å²) in [5.74, 6) is 0.0551. The zero-order chi connectivity index (χ0) is 20.1. The van der Waals surface area contributed by atoms with Crippen molar-refractivity contribution in [2.75, 3.05) is 17.2 Å². The maximum atomic E-state index is 12.7. The molecule has 5 nitrogen and oxygen atoms in total. The second kappa shape index (κ2) is 8.91. The van der Waals surface area contributed by atoms with Crippen LogP contribution in [-0.4, -0.2) is 18.4 Å². The van der Waals surface area contributed by atoms with Gasteiger partial charge >= 0.3 is 0 Å². The number of aryl methyl sites for hydroxylation is 2. The van der Waals surface area contributed by atoms with Gasteiger partial charge in [-0.2, -0.15) is 0 Å². The molecule has 0 heterocycles. The number of para-hydroxylation sites is 1. The minimum atomic E-state index is -0.273. The highest BCUT2D eigenvalue weighted by Crippen LogP contribution is 2.40. The molecule has 28 heavy (non-hydrogen) atoms. The molecule has 5 heteroatoms. The molecule has 0 aliphatic heterocycles. The third-order valence-corrected chi connectivity index (χ3v) is 5.14. The number of ether oxygens (including phenoxy) is 1. The summed E-state index contributed by atoms with van der Waals surface area (Å²) < 4.78 is 5.40. The van der Waals surface area contributed by atoms with Crippen LogP contribution in [0.1, 0.15) is 38.3 Å². The maximum Gasteiger partial charge on any atom is 0.228 e. The van der Waals surface area contributed by atoms with Gasteiger partial charge in [-0.1, -0.05) is 32.0 Å². The molecule has 2 unspecified atom stereocenters. The summed E-state index contributed by atoms with van der Waals surface area (Å²) in [5.41, 5.74) is 3.88. The van der Waals surface area contributed by atoms with E-state index in [1.807, 2.05) is 49.4 Å². The van der Waals surface area contributed by atoms with E-state index in [9.17, 15) is 9.59 Å². The Morgan fingerprint density at radius 1 is 0.893 bits per heavy atom. The van der Waals surface area contributed by atoms with Crippen molar-refractivity contribution in [3.8, 4) is 5.75 Å². The molecule has 0 aromatic heterocycles. The summed E-state index contributed by atoms with van der Waals surface area (Å²) in [6.45, 7) is 6.69. The number of benzene rings is 2. The van der Waals surface area contributed by atoms with E-state index in [-0.39, 0.29) is 23.7 Å². The lowest BCUT2D eigenvalue weighted by Gasteiger charge is -2.14. The second-order valence-corrected chi connectivity index (χ2v) is 7.04. The van der Waals surface area contributed by atoms with Crippen molar-refractivity contribution < 1.29 is 14.3 Å². The molecule has 1 fully saturated rings. The Labute approximate surface area is 166 Å². The largest absolute Gasteiger partial charge is 0.494 e. The smallest absolute Gasteiger partial charge is 0.228 e. The van der Waals surface area contributed by atoms with Crippen LogP contribution in [0.5, 0.6) is 5.75 Å². The second-order valence-electron chi connectivity index (χ2n) is 7.04. The van der Waals surface area contributed by atoms with E-state index in [1.165, 1.54) is 0 Å². The highest BCUT2D eigenvalue weighted by atomic mass is 16.5. The molecule has 2 amide bonds. The van der Waals surface area contributed by atoms with Gasteiger partial charge in [0.15, 0.2) is 0 Å². The van der Waals surface area contributed by atoms with Crippen molar-refractivity contribution in [1.82, 2.24) is 0 Å². The lowest BCUT2D eigenvalue weighted by atomic mass is 10.0. The van der Waals surface area contributed by atoms with E-state index in [0.717, 1.165) is 35.4 Å². The van der Waals surface area contributed by atoms with Crippen LogP contribution in [0.4, 0.5) is 11.4 Å². The van der Waals surface area contributed by atoms with Gasteiger partial charge in [-0.15, -0.1) is 0 Å². The first-order valence-corrected chi connectivity index (χ1v) is 10.0. The molecule has 2 N–H and O–H groups in total. The summed E-state index contributed by atoms with van der Waals surface area (Å²) in [7, 11) is 0. The average Bonchev–Trinajstić information content (AvgIpc) is 3.51. The van der Waals surface area contributed by atoms with E-state index >= 15 is 0 Å². The first-order chi connectivity index (χ1) is 13.6. The van der Waals surface area contributed by atoms with Gasteiger partial charge in [-0.3, -0.25) is 9.59 Å². The third-order valence-electron chi connectivity index (χ3n) is 5.14. The van der Waals surface area contributed by atoms with E-state index in [4.69, 9.17) is 4.74 Å². The van der Waals surface area contributed by atoms with E-state index in [0.29, 0.717) is 18.7 Å². The van der Waals surface area contributed by atoms with Gasteiger partial charge in [0.25, 0.3) is 0 Å². The van der Waals surface area contributed by atoms with Crippen molar-refractivity contribution in [1.29, 1.82) is 0 Å². The molecule has 0 radical (unpaired) electrons. The summed E-state index contributed by atoms with van der Waals surface area (Å²) in [6, 6.07) is 13.4. The number of rotatable bonds is 8. The molecular weight excluding hydrogens is 352 g/mol. The van der Waals surface area contributed by atoms with Crippen molar-refractivity contribution in [2.45, 2.75) is 40.0 Å². The standard InChI is InChI=1S/C23H28N2O3/c1-4-15-8-7-9-16(5-2)21(15)25-23(27)20-14-19(20)22(26)24-17-10-12-18(13-11-17)28-6-3/h7-13,19-20H,4-6,14H2,1-3H3,(H,24,26)(H,25,27). The monoisotopic (exact) mass is 380 g/mol. The van der Waals surface area contributed by atoms with Gasteiger partial charge in [0.1, 0.15) is 5.75 Å². The van der Waals surface area contributed by atoms with Crippen LogP contribution in [-0.2, 0) is 22.4 Å². The number of amides is 2. The molecule has 2 aromatic rings. The number of hydrogen-bond donors (Lipinski definition) is 2. The fourth-order valence-corrected chi connectivity index (χ4v) is 3.43. The molecule has 1 aliphatic carbocycles. The first-order valence-electron chi connectivity index (χ1n) is 10.0. The maximum absolute atomic E-state index is 12.7. The summed E-state index contributed by atoms with van der Waals surface area (Å²) in [4.78, 5) is 25.2. The third kappa shape index (κ3) is 4.53. The highest BCUT2D eigenvalue weighted by Gasteiger charge is 2.48. The predicted molar refractivity (Wildman–Crippen MR) is 112 cm³/mol. The zero-order valence-corrected chi connectivity index (χ0v) is 16.7. The fourth-order valence-electron chi connectivity index (χ4n) is 3.43. The van der Waals surface area contributed by atoms with Gasteiger partial charge < -0.3 is 15.4 Å². The van der Waals surface area contributed by atoms with Crippen molar-refractivity contribution in [3.63, 3.8) is 0 Å². The summed E-state index contributed by atoms with van der Waals surface area (Å²) in [6.07, 6.45) is 2.30. The molecule has 2 atom stereocenters. The van der Waals surface area contributed by atoms with Crippen LogP contribution in [0.15, 0.2) is 42.5 Å². The van der Waals surface area contributed by atoms with Crippen LogP contribution in [0.3, 0.4) is 0 Å². The quantitative estimate of drug-likeness (QED) is 0.712. The molecule has 0 spiro atoms. The average molecular weight is 380 g/mol. The molecular formula is C23H28N2O3. The molecule has 3 rings (SSSR count). The van der Waals surface area contributed by atoms with Crippen LogP contribution in [0.25, 0.3) is 0 Å². The Hall–Kier alpha value is -2.82. The first kappa shape index (κ1) is 19.9. The predicted octanol–water partition coefficient (Wildman–Crippen LogP) is 4.42. The van der Waals surface area contributed by atoms with E-state index < -0.39 is 0 Å². The van der Waals surface area contributed by atoms with Gasteiger partial charge in [-0.25, -0.2) is 0 Å². The Balaban J connectivity index is 1.59. The van der Waals surface area contributed by atoms with Crippen molar-refractivity contribution >= 4 is 23.2 Å². The van der Waals surface area contributed by atoms with Gasteiger partial charge in [0.05, 0.1) is 18.4 Å². The number of carbonyl (C=O) groups is 2. The number of hydrogen-bond acceptors (Lipinski definition) is 3. The van der Waals surface area contributed by atoms with Gasteiger partial charge in [-0.05, 0) is 61.6 Å². The Bertz CT molecular complexity index is 823. The molecule has 148 valence electrons. The van der Waals surface area contributed by atoms with Crippen LogP contribution in [0.2, 0.25) is 0 Å². The molecule has 2 aromatic carbocycles. The molecule has 0 bridgehead atoms. The lowest BCUT2D eigenvalue weighted by molar-refractivity contribution is -0.122. The van der Waals surface area contributed by atoms with Crippen molar-refractivity contribution in [3.05, 3.63) is 53.6 Å². The number of carbonyl (C=O) groups excluding carboxylic acids is 2. The van der Waals surface area contributed by atoms with Crippen LogP contribution >= 0.6 is 0 Å². The normalized spacial score (nSPS) is 17.7. The SMILES string of the molecule is CCOc1ccc(NC(=O)C2CC2C(=O)Nc2c(CC)cccc2CC)cc1. The number of nitrogens with one attached hydrogen (secondary N) is 2. The summed E-state index contributed by atoms with van der Waals surface area (Å²) >= 11 is 0. The summed E-state index contributed by atoms with van der Waals surface area (Å²) in [5, 5.41) is 5.97. The Kier molecular flexibility index (Phi) is 6.34. The van der Waals surface area contributed by atoms with Crippen LogP contribution < -0.4 is 15.4 Å². The molecule has 0 saturated heterocycles. The minimum Gasteiger partial charge on any atom is -0.494 e. The molecule has 1 aliphatic rings. The minimum absolute atomic E-state index is 0.0672. The number of anilines is 2. The van der Waals surface area contributed by atoms with E-state index in [1.54, 1.807) is 0 Å². The van der Waals surface area contributed by atoms with Gasteiger partial charge in [0.2, 0.25) is 11.8 Å². The van der Waals surface area contributed by atoms with Crippen molar-refractivity contribution in [2.24, 2.45) is 11.8 Å². The Morgan fingerprint density at radius 2 is 1.46 bits per heavy atom. The van der Waals surface area contributed by atoms with Gasteiger partial charge in [0, 0.05) is 11.4 Å². The topological polar surface area (TPSA) is 67.4 Å². The van der Waals surface area contributed by atoms with Crippen LogP contribution in [0, 0.1) is 11.8 Å². The molecule has 1 saturated carbocycles. The lowest BCUT2D eigenvalue weighted by Crippen LogP contribution is -2.21.